The summed E-state index contributed by atoms with van der Waals surface area (Å²) in [6, 6.07) is 2.61. The first kappa shape index (κ1) is 23.2. The Bertz CT molecular complexity index is 1070. The van der Waals surface area contributed by atoms with E-state index >= 15 is 0 Å². The van der Waals surface area contributed by atoms with Crippen LogP contribution in [0.2, 0.25) is 0 Å². The minimum absolute atomic E-state index is 0.0445. The molecule has 34 heavy (non-hydrogen) atoms. The normalized spacial score (nSPS) is 24.8. The van der Waals surface area contributed by atoms with E-state index in [0.717, 1.165) is 29.8 Å². The summed E-state index contributed by atoms with van der Waals surface area (Å²) >= 11 is 1.25. The van der Waals surface area contributed by atoms with E-state index in [1.807, 2.05) is 17.9 Å². The van der Waals surface area contributed by atoms with Gasteiger partial charge < -0.3 is 20.6 Å². The highest BCUT2D eigenvalue weighted by Crippen LogP contribution is 2.35. The van der Waals surface area contributed by atoms with Gasteiger partial charge in [-0.15, -0.1) is 11.3 Å². The Morgan fingerprint density at radius 2 is 1.91 bits per heavy atom. The number of amides is 2. The van der Waals surface area contributed by atoms with Crippen LogP contribution in [0.25, 0.3) is 10.4 Å². The fraction of sp³-hybridized carbons (Fsp3) is 0.600. The molecular formula is C25H33N5O3S. The lowest BCUT2D eigenvalue weighted by Gasteiger charge is -2.31. The number of hydrogen-bond donors (Lipinski definition) is 3. The Morgan fingerprint density at radius 1 is 1.15 bits per heavy atom. The number of anilines is 1. The molecule has 182 valence electrons. The second kappa shape index (κ2) is 9.62. The monoisotopic (exact) mass is 483 g/mol. The lowest BCUT2D eigenvalue weighted by molar-refractivity contribution is 0.0562. The number of aryl methyl sites for hydroxylation is 1. The lowest BCUT2D eigenvalue weighted by atomic mass is 9.89. The fourth-order valence-electron chi connectivity index (χ4n) is 5.22. The Kier molecular flexibility index (Phi) is 6.57. The topological polar surface area (TPSA) is 107 Å². The summed E-state index contributed by atoms with van der Waals surface area (Å²) in [6.45, 7) is 4.78. The number of carbonyl (C=O) groups is 2. The Balaban J connectivity index is 1.45. The maximum atomic E-state index is 13.5. The molecule has 1 aliphatic heterocycles. The standard InChI is InChI=1S/C25H33N5O3S/c1-14-10-20(27-16-7-3-4-8-16)26-13-19(14)22-21(25(33)30-9-5-6-15(30)2)29-24(34-22)23(32)28-17-11-18(31)12-17/h10,13,15-18,31H,3-9,11-12H2,1-2H3,(H,26,27)(H,28,32)/t15-,17-,18-/m0/s1. The molecule has 0 spiro atoms. The summed E-state index contributed by atoms with van der Waals surface area (Å²) in [5, 5.41) is 16.3. The molecule has 2 aromatic heterocycles. The van der Waals surface area contributed by atoms with Crippen LogP contribution in [0.4, 0.5) is 5.82 Å². The summed E-state index contributed by atoms with van der Waals surface area (Å²) in [6.07, 6.45) is 9.35. The van der Waals surface area contributed by atoms with Gasteiger partial charge in [0, 0.05) is 36.4 Å². The average Bonchev–Trinajstić information content (AvgIpc) is 3.53. The van der Waals surface area contributed by atoms with Crippen LogP contribution in [0.5, 0.6) is 0 Å². The van der Waals surface area contributed by atoms with Crippen LogP contribution >= 0.6 is 11.3 Å². The first-order chi connectivity index (χ1) is 16.4. The van der Waals surface area contributed by atoms with Crippen molar-refractivity contribution in [3.8, 4) is 10.4 Å². The predicted octanol–water partition coefficient (Wildman–Crippen LogP) is 3.75. The van der Waals surface area contributed by atoms with Crippen molar-refractivity contribution in [2.75, 3.05) is 11.9 Å². The Labute approximate surface area is 204 Å². The van der Waals surface area contributed by atoms with E-state index in [4.69, 9.17) is 0 Å². The van der Waals surface area contributed by atoms with Crippen molar-refractivity contribution in [1.29, 1.82) is 0 Å². The Hall–Kier alpha value is -2.52. The number of aliphatic hydroxyl groups is 1. The highest BCUT2D eigenvalue weighted by atomic mass is 32.1. The molecule has 0 aromatic carbocycles. The number of thiazole rings is 1. The first-order valence-corrected chi connectivity index (χ1v) is 13.2. The number of aliphatic hydroxyl groups excluding tert-OH is 1. The molecular weight excluding hydrogens is 450 g/mol. The first-order valence-electron chi connectivity index (χ1n) is 12.4. The molecule has 9 heteroatoms. The van der Waals surface area contributed by atoms with E-state index in [2.05, 4.69) is 27.5 Å². The van der Waals surface area contributed by atoms with E-state index in [-0.39, 0.29) is 35.0 Å². The van der Waals surface area contributed by atoms with Crippen molar-refractivity contribution in [2.24, 2.45) is 0 Å². The molecule has 3 aliphatic rings. The quantitative estimate of drug-likeness (QED) is 0.578. The van der Waals surface area contributed by atoms with Crippen LogP contribution in [0.15, 0.2) is 12.3 Å². The third kappa shape index (κ3) is 4.68. The molecule has 2 saturated carbocycles. The zero-order chi connectivity index (χ0) is 23.8. The van der Waals surface area contributed by atoms with Gasteiger partial charge in [0.1, 0.15) is 11.5 Å². The maximum Gasteiger partial charge on any atom is 0.280 e. The zero-order valence-corrected chi connectivity index (χ0v) is 20.7. The number of pyridine rings is 1. The van der Waals surface area contributed by atoms with Crippen molar-refractivity contribution in [1.82, 2.24) is 20.2 Å². The molecule has 2 amide bonds. The van der Waals surface area contributed by atoms with Crippen LogP contribution in [0.1, 0.15) is 84.1 Å². The molecule has 5 rings (SSSR count). The van der Waals surface area contributed by atoms with Gasteiger partial charge in [-0.25, -0.2) is 9.97 Å². The lowest BCUT2D eigenvalue weighted by Crippen LogP contribution is -2.46. The van der Waals surface area contributed by atoms with Crippen molar-refractivity contribution < 1.29 is 14.7 Å². The largest absolute Gasteiger partial charge is 0.393 e. The van der Waals surface area contributed by atoms with Crippen molar-refractivity contribution in [3.05, 3.63) is 28.5 Å². The molecule has 0 radical (unpaired) electrons. The second-order valence-corrected chi connectivity index (χ2v) is 11.0. The van der Waals surface area contributed by atoms with Crippen LogP contribution in [0, 0.1) is 6.92 Å². The number of hydrogen-bond acceptors (Lipinski definition) is 7. The second-order valence-electron chi connectivity index (χ2n) is 9.99. The maximum absolute atomic E-state index is 13.5. The number of likely N-dealkylation sites (tertiary alicyclic amines) is 1. The number of rotatable bonds is 6. The SMILES string of the molecule is Cc1cc(NC2CCCC2)ncc1-c1sc(C(=O)N[C@H]2C[C@H](O)C2)nc1C(=O)N1CCC[C@@H]1C. The van der Waals surface area contributed by atoms with E-state index in [1.165, 1.54) is 37.0 Å². The van der Waals surface area contributed by atoms with E-state index in [0.29, 0.717) is 36.0 Å². The summed E-state index contributed by atoms with van der Waals surface area (Å²) in [5.74, 6) is 0.434. The van der Waals surface area contributed by atoms with Gasteiger partial charge in [-0.05, 0) is 64.0 Å². The highest BCUT2D eigenvalue weighted by molar-refractivity contribution is 7.17. The molecule has 1 atom stereocenters. The molecule has 3 fully saturated rings. The molecule has 3 N–H and O–H groups in total. The van der Waals surface area contributed by atoms with Gasteiger partial charge >= 0.3 is 0 Å². The van der Waals surface area contributed by atoms with Crippen molar-refractivity contribution in [2.45, 2.75) is 89.4 Å². The van der Waals surface area contributed by atoms with Crippen LogP contribution in [-0.2, 0) is 0 Å². The molecule has 1 saturated heterocycles. The van der Waals surface area contributed by atoms with Crippen LogP contribution in [-0.4, -0.2) is 62.6 Å². The highest BCUT2D eigenvalue weighted by Gasteiger charge is 2.33. The van der Waals surface area contributed by atoms with Crippen LogP contribution < -0.4 is 10.6 Å². The minimum Gasteiger partial charge on any atom is -0.393 e. The van der Waals surface area contributed by atoms with Crippen molar-refractivity contribution in [3.63, 3.8) is 0 Å². The molecule has 3 heterocycles. The molecule has 8 nitrogen and oxygen atoms in total. The third-order valence-corrected chi connectivity index (χ3v) is 8.44. The molecule has 2 aromatic rings. The number of carbonyl (C=O) groups excluding carboxylic acids is 2. The summed E-state index contributed by atoms with van der Waals surface area (Å²) in [5.41, 5.74) is 2.17. The molecule has 2 aliphatic carbocycles. The number of nitrogens with one attached hydrogen (secondary N) is 2. The van der Waals surface area contributed by atoms with E-state index in [1.54, 1.807) is 6.20 Å². The van der Waals surface area contributed by atoms with Gasteiger partial charge in [0.05, 0.1) is 11.0 Å². The Morgan fingerprint density at radius 3 is 2.56 bits per heavy atom. The van der Waals surface area contributed by atoms with Gasteiger partial charge in [-0.2, -0.15) is 0 Å². The fourth-order valence-corrected chi connectivity index (χ4v) is 6.26. The van der Waals surface area contributed by atoms with Gasteiger partial charge in [0.15, 0.2) is 5.01 Å². The molecule has 0 bridgehead atoms. The van der Waals surface area contributed by atoms with Gasteiger partial charge in [-0.1, -0.05) is 12.8 Å². The van der Waals surface area contributed by atoms with Gasteiger partial charge in [0.25, 0.3) is 11.8 Å². The predicted molar refractivity (Wildman–Crippen MR) is 132 cm³/mol. The average molecular weight is 484 g/mol. The number of nitrogens with zero attached hydrogens (tertiary/aromatic N) is 3. The van der Waals surface area contributed by atoms with E-state index < -0.39 is 0 Å². The molecule has 0 unspecified atom stereocenters. The smallest absolute Gasteiger partial charge is 0.280 e. The van der Waals surface area contributed by atoms with E-state index in [9.17, 15) is 14.7 Å². The van der Waals surface area contributed by atoms with Crippen molar-refractivity contribution >= 4 is 29.0 Å². The summed E-state index contributed by atoms with van der Waals surface area (Å²) in [7, 11) is 0. The summed E-state index contributed by atoms with van der Waals surface area (Å²) in [4.78, 5) is 38.1. The third-order valence-electron chi connectivity index (χ3n) is 7.35. The zero-order valence-electron chi connectivity index (χ0n) is 19.8. The van der Waals surface area contributed by atoms with Gasteiger partial charge in [0.2, 0.25) is 0 Å². The van der Waals surface area contributed by atoms with Crippen LogP contribution in [0.3, 0.4) is 0 Å². The minimum atomic E-state index is -0.351. The summed E-state index contributed by atoms with van der Waals surface area (Å²) < 4.78 is 0. The van der Waals surface area contributed by atoms with Gasteiger partial charge in [-0.3, -0.25) is 9.59 Å². The number of aromatic nitrogens is 2.